The number of ether oxygens (including phenoxy) is 1. The average Bonchev–Trinajstić information content (AvgIpc) is 3.29. The van der Waals surface area contributed by atoms with Crippen LogP contribution in [0.5, 0.6) is 11.6 Å². The van der Waals surface area contributed by atoms with Gasteiger partial charge < -0.3 is 9.30 Å². The number of hydrogen-bond donors (Lipinski definition) is 1. The molecule has 0 bridgehead atoms. The Hall–Kier alpha value is -3.73. The van der Waals surface area contributed by atoms with Crippen LogP contribution in [0, 0.1) is 13.8 Å². The fourth-order valence-corrected chi connectivity index (χ4v) is 3.81. The summed E-state index contributed by atoms with van der Waals surface area (Å²) in [6, 6.07) is 8.18. The minimum Gasteiger partial charge on any atom is -0.439 e. The Bertz CT molecular complexity index is 1270. The minimum atomic E-state index is -3.77. The van der Waals surface area contributed by atoms with E-state index in [1.165, 1.54) is 12.5 Å². The van der Waals surface area contributed by atoms with Crippen LogP contribution in [0.4, 0.5) is 5.69 Å². The summed E-state index contributed by atoms with van der Waals surface area (Å²) in [5, 5.41) is -0.0360. The zero-order valence-electron chi connectivity index (χ0n) is 16.5. The zero-order chi connectivity index (χ0) is 21.3. The van der Waals surface area contributed by atoms with Gasteiger partial charge in [-0.15, -0.1) is 0 Å². The smallest absolute Gasteiger partial charge is 0.280 e. The second kappa shape index (κ2) is 7.59. The molecule has 0 unspecified atom stereocenters. The van der Waals surface area contributed by atoms with Gasteiger partial charge in [-0.3, -0.25) is 9.29 Å². The molecule has 0 atom stereocenters. The molecule has 1 aromatic carbocycles. The molecular weight excluding hydrogens is 406 g/mol. The van der Waals surface area contributed by atoms with Crippen molar-refractivity contribution in [3.05, 3.63) is 66.9 Å². The van der Waals surface area contributed by atoms with Crippen molar-refractivity contribution >= 4 is 15.7 Å². The highest BCUT2D eigenvalue weighted by molar-refractivity contribution is 7.92. The van der Waals surface area contributed by atoms with E-state index in [2.05, 4.69) is 24.7 Å². The molecule has 0 aliphatic rings. The maximum Gasteiger partial charge on any atom is 0.280 e. The van der Waals surface area contributed by atoms with Gasteiger partial charge in [-0.05, 0) is 38.1 Å². The number of sulfonamides is 1. The van der Waals surface area contributed by atoms with Crippen molar-refractivity contribution in [2.75, 3.05) is 4.72 Å². The molecule has 0 radical (unpaired) electrons. The van der Waals surface area contributed by atoms with Gasteiger partial charge >= 0.3 is 0 Å². The number of anilines is 1. The van der Waals surface area contributed by atoms with Crippen LogP contribution < -0.4 is 9.46 Å². The van der Waals surface area contributed by atoms with E-state index in [0.717, 1.165) is 5.82 Å². The number of aromatic nitrogens is 6. The molecule has 0 saturated heterocycles. The summed E-state index contributed by atoms with van der Waals surface area (Å²) in [7, 11) is -2.04. The van der Waals surface area contributed by atoms with E-state index in [1.807, 2.05) is 11.5 Å². The number of hydrogen-bond acceptors (Lipinski definition) is 7. The van der Waals surface area contributed by atoms with Gasteiger partial charge in [0, 0.05) is 37.4 Å². The van der Waals surface area contributed by atoms with E-state index in [1.54, 1.807) is 61.3 Å². The summed E-state index contributed by atoms with van der Waals surface area (Å²) in [6.45, 7) is 3.60. The molecule has 0 amide bonds. The van der Waals surface area contributed by atoms with Crippen LogP contribution in [0.2, 0.25) is 0 Å². The first-order valence-corrected chi connectivity index (χ1v) is 10.4. The first kappa shape index (κ1) is 19.6. The maximum atomic E-state index is 12.5. The standard InChI is InChI=1S/C19H19N7O3S/c1-13-20-8-9-26(13)17-10-18(22-12-21-17)29-16-6-4-15(5-7-16)24-30(27,28)19-11-25(3)14(2)23-19/h4-12,24H,1-3H3. The van der Waals surface area contributed by atoms with E-state index in [9.17, 15) is 8.42 Å². The summed E-state index contributed by atoms with van der Waals surface area (Å²) in [5.74, 6) is 2.88. The third kappa shape index (κ3) is 4.01. The highest BCUT2D eigenvalue weighted by Gasteiger charge is 2.18. The molecular formula is C19H19N7O3S. The minimum absolute atomic E-state index is 0.0360. The third-order valence-corrected chi connectivity index (χ3v) is 5.64. The summed E-state index contributed by atoms with van der Waals surface area (Å²) < 4.78 is 36.7. The van der Waals surface area contributed by atoms with Crippen molar-refractivity contribution in [1.82, 2.24) is 29.1 Å². The van der Waals surface area contributed by atoms with Gasteiger partial charge in [0.05, 0.1) is 0 Å². The van der Waals surface area contributed by atoms with E-state index in [4.69, 9.17) is 4.74 Å². The van der Waals surface area contributed by atoms with Gasteiger partial charge in [0.1, 0.15) is 29.5 Å². The Morgan fingerprint density at radius 1 is 1.03 bits per heavy atom. The highest BCUT2D eigenvalue weighted by atomic mass is 32.2. The topological polar surface area (TPSA) is 117 Å². The molecule has 0 saturated carbocycles. The first-order chi connectivity index (χ1) is 14.3. The van der Waals surface area contributed by atoms with Gasteiger partial charge in [0.15, 0.2) is 5.03 Å². The molecule has 0 fully saturated rings. The number of nitrogens with one attached hydrogen (secondary N) is 1. The van der Waals surface area contributed by atoms with Crippen molar-refractivity contribution in [2.45, 2.75) is 18.9 Å². The van der Waals surface area contributed by atoms with E-state index < -0.39 is 10.0 Å². The molecule has 3 aromatic heterocycles. The molecule has 10 nitrogen and oxygen atoms in total. The Kier molecular flexibility index (Phi) is 4.96. The van der Waals surface area contributed by atoms with Crippen molar-refractivity contribution in [2.24, 2.45) is 7.05 Å². The van der Waals surface area contributed by atoms with Crippen LogP contribution in [0.3, 0.4) is 0 Å². The van der Waals surface area contributed by atoms with Crippen LogP contribution in [-0.4, -0.2) is 37.5 Å². The van der Waals surface area contributed by atoms with E-state index >= 15 is 0 Å². The van der Waals surface area contributed by atoms with Crippen molar-refractivity contribution in [3.63, 3.8) is 0 Å². The van der Waals surface area contributed by atoms with Gasteiger partial charge in [-0.25, -0.2) is 19.9 Å². The molecule has 30 heavy (non-hydrogen) atoms. The molecule has 0 spiro atoms. The second-order valence-corrected chi connectivity index (χ2v) is 8.16. The SMILES string of the molecule is Cc1nc(S(=O)(=O)Nc2ccc(Oc3cc(-n4ccnc4C)ncn3)cc2)cn1C. The lowest BCUT2D eigenvalue weighted by atomic mass is 10.3. The van der Waals surface area contributed by atoms with Crippen LogP contribution in [0.1, 0.15) is 11.6 Å². The third-order valence-electron chi connectivity index (χ3n) is 4.39. The van der Waals surface area contributed by atoms with Gasteiger partial charge in [-0.2, -0.15) is 8.42 Å². The number of benzene rings is 1. The van der Waals surface area contributed by atoms with Crippen molar-refractivity contribution in [1.29, 1.82) is 0 Å². The van der Waals surface area contributed by atoms with Crippen LogP contribution in [0.25, 0.3) is 5.82 Å². The Labute approximate surface area is 173 Å². The summed E-state index contributed by atoms with van der Waals surface area (Å²) in [5.41, 5.74) is 0.392. The number of rotatable bonds is 6. The van der Waals surface area contributed by atoms with E-state index in [0.29, 0.717) is 29.0 Å². The normalized spacial score (nSPS) is 11.4. The van der Waals surface area contributed by atoms with Gasteiger partial charge in [-0.1, -0.05) is 0 Å². The maximum absolute atomic E-state index is 12.5. The van der Waals surface area contributed by atoms with Crippen LogP contribution >= 0.6 is 0 Å². The molecule has 3 heterocycles. The quantitative estimate of drug-likeness (QED) is 0.505. The first-order valence-electron chi connectivity index (χ1n) is 8.95. The second-order valence-electron chi connectivity index (χ2n) is 6.53. The molecule has 0 aliphatic carbocycles. The molecule has 4 rings (SSSR count). The Balaban J connectivity index is 1.49. The fraction of sp³-hybridized carbons (Fsp3) is 0.158. The fourth-order valence-electron chi connectivity index (χ4n) is 2.71. The summed E-state index contributed by atoms with van der Waals surface area (Å²) >= 11 is 0. The van der Waals surface area contributed by atoms with Gasteiger partial charge in [0.2, 0.25) is 5.88 Å². The molecule has 0 aliphatic heterocycles. The predicted octanol–water partition coefficient (Wildman–Crippen LogP) is 2.61. The lowest BCUT2D eigenvalue weighted by Gasteiger charge is -2.09. The predicted molar refractivity (Wildman–Crippen MR) is 109 cm³/mol. The van der Waals surface area contributed by atoms with Crippen LogP contribution in [0.15, 0.2) is 60.3 Å². The Morgan fingerprint density at radius 3 is 2.43 bits per heavy atom. The van der Waals surface area contributed by atoms with Crippen molar-refractivity contribution < 1.29 is 13.2 Å². The molecule has 1 N–H and O–H groups in total. The largest absolute Gasteiger partial charge is 0.439 e. The highest BCUT2D eigenvalue weighted by Crippen LogP contribution is 2.24. The monoisotopic (exact) mass is 425 g/mol. The molecule has 11 heteroatoms. The number of aryl methyl sites for hydroxylation is 3. The summed E-state index contributed by atoms with van der Waals surface area (Å²) in [6.07, 6.45) is 6.35. The molecule has 4 aromatic rings. The number of imidazole rings is 2. The Morgan fingerprint density at radius 2 is 1.80 bits per heavy atom. The molecule has 154 valence electrons. The van der Waals surface area contributed by atoms with Gasteiger partial charge in [0.25, 0.3) is 10.0 Å². The average molecular weight is 425 g/mol. The van der Waals surface area contributed by atoms with Crippen molar-refractivity contribution in [3.8, 4) is 17.4 Å². The zero-order valence-corrected chi connectivity index (χ0v) is 17.3. The lowest BCUT2D eigenvalue weighted by molar-refractivity contribution is 0.461. The van der Waals surface area contributed by atoms with Crippen LogP contribution in [-0.2, 0) is 17.1 Å². The lowest BCUT2D eigenvalue weighted by Crippen LogP contribution is -2.13. The number of nitrogens with zero attached hydrogens (tertiary/aromatic N) is 6. The van der Waals surface area contributed by atoms with E-state index in [-0.39, 0.29) is 5.03 Å². The summed E-state index contributed by atoms with van der Waals surface area (Å²) in [4.78, 5) is 16.6.